The molecule has 2 fully saturated rings. The Morgan fingerprint density at radius 1 is 1.41 bits per heavy atom. The van der Waals surface area contributed by atoms with Crippen LogP contribution in [0, 0.1) is 5.92 Å². The Bertz CT molecular complexity index is 491. The highest BCUT2D eigenvalue weighted by molar-refractivity contribution is 7.98. The first kappa shape index (κ1) is 16.0. The van der Waals surface area contributed by atoms with Crippen LogP contribution in [0.2, 0.25) is 0 Å². The number of nitrogens with zero attached hydrogens (tertiary/aromatic N) is 5. The quantitative estimate of drug-likeness (QED) is 0.813. The summed E-state index contributed by atoms with van der Waals surface area (Å²) in [6.45, 7) is 7.46. The maximum atomic E-state index is 5.85. The van der Waals surface area contributed by atoms with Crippen molar-refractivity contribution < 1.29 is 9.47 Å². The van der Waals surface area contributed by atoms with Gasteiger partial charge in [-0.2, -0.15) is 11.8 Å². The SMILES string of the molecule is CSCC(C)n1nnnc1N1CCCC(C2(C)OCCO2)C1. The fourth-order valence-corrected chi connectivity index (χ4v) is 3.97. The molecule has 1 aromatic rings. The third-order valence-corrected chi connectivity index (χ3v) is 5.42. The van der Waals surface area contributed by atoms with Crippen molar-refractivity contribution in [1.82, 2.24) is 20.2 Å². The molecule has 1 aromatic heterocycles. The van der Waals surface area contributed by atoms with Crippen LogP contribution in [0.3, 0.4) is 0 Å². The second-order valence-electron chi connectivity index (χ2n) is 6.23. The van der Waals surface area contributed by atoms with Gasteiger partial charge in [-0.25, -0.2) is 4.68 Å². The third kappa shape index (κ3) is 3.09. The van der Waals surface area contributed by atoms with Crippen LogP contribution in [0.5, 0.6) is 0 Å². The van der Waals surface area contributed by atoms with Crippen LogP contribution >= 0.6 is 11.8 Å². The predicted molar refractivity (Wildman–Crippen MR) is 86.2 cm³/mol. The molecule has 124 valence electrons. The Morgan fingerprint density at radius 2 is 2.18 bits per heavy atom. The maximum Gasteiger partial charge on any atom is 0.245 e. The van der Waals surface area contributed by atoms with E-state index in [2.05, 4.69) is 40.5 Å². The van der Waals surface area contributed by atoms with Gasteiger partial charge in [0.1, 0.15) is 0 Å². The van der Waals surface area contributed by atoms with Crippen LogP contribution in [-0.2, 0) is 9.47 Å². The molecule has 2 aliphatic rings. The molecule has 0 saturated carbocycles. The molecule has 8 heteroatoms. The molecule has 0 amide bonds. The first-order valence-corrected chi connectivity index (χ1v) is 9.33. The highest BCUT2D eigenvalue weighted by atomic mass is 32.2. The van der Waals surface area contributed by atoms with Crippen molar-refractivity contribution in [1.29, 1.82) is 0 Å². The van der Waals surface area contributed by atoms with Crippen molar-refractivity contribution in [2.45, 2.75) is 38.5 Å². The molecule has 0 aromatic carbocycles. The lowest BCUT2D eigenvalue weighted by molar-refractivity contribution is -0.182. The molecule has 0 N–H and O–H groups in total. The van der Waals surface area contributed by atoms with Gasteiger partial charge in [0.25, 0.3) is 0 Å². The molecule has 0 bridgehead atoms. The molecule has 0 radical (unpaired) electrons. The number of aromatic nitrogens is 4. The Kier molecular flexibility index (Phi) is 4.89. The summed E-state index contributed by atoms with van der Waals surface area (Å²) in [5, 5.41) is 12.3. The molecule has 2 unspecified atom stereocenters. The van der Waals surface area contributed by atoms with E-state index >= 15 is 0 Å². The molecule has 0 spiro atoms. The molecular formula is C14H25N5O2S. The minimum absolute atomic E-state index is 0.287. The maximum absolute atomic E-state index is 5.85. The van der Waals surface area contributed by atoms with Crippen molar-refractivity contribution in [3.8, 4) is 0 Å². The normalized spacial score (nSPS) is 26.3. The number of piperidine rings is 1. The van der Waals surface area contributed by atoms with Crippen molar-refractivity contribution in [3.63, 3.8) is 0 Å². The van der Waals surface area contributed by atoms with Crippen LogP contribution < -0.4 is 4.90 Å². The second-order valence-corrected chi connectivity index (χ2v) is 7.14. The summed E-state index contributed by atoms with van der Waals surface area (Å²) in [7, 11) is 0. The summed E-state index contributed by atoms with van der Waals surface area (Å²) in [4.78, 5) is 2.28. The molecule has 3 heterocycles. The van der Waals surface area contributed by atoms with E-state index < -0.39 is 5.79 Å². The predicted octanol–water partition coefficient (Wildman–Crippen LogP) is 1.58. The number of tetrazole rings is 1. The van der Waals surface area contributed by atoms with Crippen LogP contribution in [0.1, 0.15) is 32.7 Å². The lowest BCUT2D eigenvalue weighted by Gasteiger charge is -2.40. The van der Waals surface area contributed by atoms with Crippen LogP contribution in [0.4, 0.5) is 5.95 Å². The van der Waals surface area contributed by atoms with Crippen LogP contribution in [0.25, 0.3) is 0 Å². The van der Waals surface area contributed by atoms with Gasteiger partial charge >= 0.3 is 0 Å². The summed E-state index contributed by atoms with van der Waals surface area (Å²) >= 11 is 1.81. The summed E-state index contributed by atoms with van der Waals surface area (Å²) in [6, 6.07) is 0.287. The Balaban J connectivity index is 1.74. The van der Waals surface area contributed by atoms with Gasteiger partial charge in [0.05, 0.1) is 19.3 Å². The lowest BCUT2D eigenvalue weighted by atomic mass is 9.90. The van der Waals surface area contributed by atoms with Gasteiger partial charge in [0.15, 0.2) is 5.79 Å². The fourth-order valence-electron chi connectivity index (χ4n) is 3.35. The van der Waals surface area contributed by atoms with E-state index in [1.807, 2.05) is 16.4 Å². The summed E-state index contributed by atoms with van der Waals surface area (Å²) in [5.41, 5.74) is 0. The topological polar surface area (TPSA) is 65.3 Å². The second kappa shape index (κ2) is 6.72. The highest BCUT2D eigenvalue weighted by Gasteiger charge is 2.42. The van der Waals surface area contributed by atoms with E-state index in [0.29, 0.717) is 19.1 Å². The van der Waals surface area contributed by atoms with Gasteiger partial charge in [-0.05, 0) is 43.4 Å². The zero-order valence-corrected chi connectivity index (χ0v) is 14.4. The molecule has 2 saturated heterocycles. The number of ether oxygens (including phenoxy) is 2. The first-order chi connectivity index (χ1) is 10.6. The summed E-state index contributed by atoms with van der Waals surface area (Å²) in [6.07, 6.45) is 4.33. The van der Waals surface area contributed by atoms with E-state index in [9.17, 15) is 0 Å². The largest absolute Gasteiger partial charge is 0.347 e. The Hall–Kier alpha value is -0.860. The molecular weight excluding hydrogens is 302 g/mol. The van der Waals surface area contributed by atoms with Crippen LogP contribution in [0.15, 0.2) is 0 Å². The molecule has 2 atom stereocenters. The van der Waals surface area contributed by atoms with Crippen molar-refractivity contribution in [2.75, 3.05) is 43.2 Å². The van der Waals surface area contributed by atoms with E-state index in [4.69, 9.17) is 9.47 Å². The molecule has 22 heavy (non-hydrogen) atoms. The van der Waals surface area contributed by atoms with Gasteiger partial charge in [-0.15, -0.1) is 0 Å². The Morgan fingerprint density at radius 3 is 2.91 bits per heavy atom. The van der Waals surface area contributed by atoms with E-state index in [1.165, 1.54) is 0 Å². The number of anilines is 1. The minimum atomic E-state index is -0.457. The summed E-state index contributed by atoms with van der Waals surface area (Å²) < 4.78 is 13.6. The van der Waals surface area contributed by atoms with Gasteiger partial charge < -0.3 is 14.4 Å². The van der Waals surface area contributed by atoms with E-state index in [0.717, 1.165) is 37.6 Å². The monoisotopic (exact) mass is 327 g/mol. The number of rotatable bonds is 5. The van der Waals surface area contributed by atoms with Gasteiger partial charge in [0, 0.05) is 24.8 Å². The zero-order chi connectivity index (χ0) is 15.6. The average Bonchev–Trinajstić information content (AvgIpc) is 3.17. The average molecular weight is 327 g/mol. The standard InChI is InChI=1S/C14H25N5O2S/c1-11(10-22-3)19-13(15-16-17-19)18-6-4-5-12(9-18)14(2)20-7-8-21-14/h11-12H,4-10H2,1-3H3. The van der Waals surface area contributed by atoms with Gasteiger partial charge in [-0.1, -0.05) is 5.10 Å². The Labute approximate surface area is 135 Å². The van der Waals surface area contributed by atoms with Crippen LogP contribution in [-0.4, -0.2) is 64.3 Å². The number of hydrogen-bond acceptors (Lipinski definition) is 7. The molecule has 2 aliphatic heterocycles. The zero-order valence-electron chi connectivity index (χ0n) is 13.6. The fraction of sp³-hybridized carbons (Fsp3) is 0.929. The minimum Gasteiger partial charge on any atom is -0.347 e. The molecule has 7 nitrogen and oxygen atoms in total. The van der Waals surface area contributed by atoms with E-state index in [-0.39, 0.29) is 6.04 Å². The number of hydrogen-bond donors (Lipinski definition) is 0. The number of thioether (sulfide) groups is 1. The lowest BCUT2D eigenvalue weighted by Crippen LogP contribution is -2.47. The smallest absolute Gasteiger partial charge is 0.245 e. The van der Waals surface area contributed by atoms with Crippen molar-refractivity contribution >= 4 is 17.7 Å². The van der Waals surface area contributed by atoms with Gasteiger partial charge in [0.2, 0.25) is 5.95 Å². The van der Waals surface area contributed by atoms with E-state index in [1.54, 1.807) is 0 Å². The summed E-state index contributed by atoms with van der Waals surface area (Å²) in [5.74, 6) is 1.76. The van der Waals surface area contributed by atoms with Gasteiger partial charge in [-0.3, -0.25) is 0 Å². The third-order valence-electron chi connectivity index (χ3n) is 4.61. The highest BCUT2D eigenvalue weighted by Crippen LogP contribution is 2.35. The molecule has 0 aliphatic carbocycles. The van der Waals surface area contributed by atoms with Crippen molar-refractivity contribution in [2.24, 2.45) is 5.92 Å². The van der Waals surface area contributed by atoms with Crippen molar-refractivity contribution in [3.05, 3.63) is 0 Å². The molecule has 3 rings (SSSR count). The first-order valence-electron chi connectivity index (χ1n) is 7.93.